The lowest BCUT2D eigenvalue weighted by molar-refractivity contribution is -0.135. The number of carbonyl (C=O) groups is 3. The number of halogens is 2. The predicted octanol–water partition coefficient (Wildman–Crippen LogP) is 6.69. The van der Waals surface area contributed by atoms with E-state index < -0.39 is 33.0 Å². The minimum atomic E-state index is -4.12. The van der Waals surface area contributed by atoms with Crippen LogP contribution in [0.5, 0.6) is 0 Å². The third-order valence-corrected chi connectivity index (χ3v) is 10.8. The van der Waals surface area contributed by atoms with Gasteiger partial charge < -0.3 is 19.9 Å². The van der Waals surface area contributed by atoms with Crippen LogP contribution < -0.4 is 9.62 Å². The standard InChI is InChI=1S/C35H44Cl2N4O6S/c1-6-17-35(18-9-21-40(24-35)33(44)47-34(3,4)5)32(43)38-26-10-8-20-39(23-26)31(42)29-22-28(15-16-30(29)37)48(45,46)41(19-7-2)27-13-11-25(36)12-14-27/h6-7,11-16,22,26H,1-2,8-10,17-21,23-24H2,3-5H3,(H,38,43)/t26-,35?/m0/s1. The average Bonchev–Trinajstić information content (AvgIpc) is 3.03. The minimum Gasteiger partial charge on any atom is -0.444 e. The fourth-order valence-electron chi connectivity index (χ4n) is 6.15. The van der Waals surface area contributed by atoms with Crippen LogP contribution in [0.4, 0.5) is 10.5 Å². The lowest BCUT2D eigenvalue weighted by atomic mass is 9.76. The molecule has 2 aliphatic heterocycles. The zero-order valence-corrected chi connectivity index (χ0v) is 30.0. The maximum absolute atomic E-state index is 13.9. The van der Waals surface area contributed by atoms with E-state index >= 15 is 0 Å². The molecule has 3 amide bonds. The molecule has 2 saturated heterocycles. The summed E-state index contributed by atoms with van der Waals surface area (Å²) in [5.74, 6) is -0.641. The normalized spacial score (nSPS) is 20.1. The zero-order valence-electron chi connectivity index (χ0n) is 27.7. The Morgan fingerprint density at radius 1 is 1.04 bits per heavy atom. The van der Waals surface area contributed by atoms with Crippen LogP contribution in [0.2, 0.25) is 10.0 Å². The monoisotopic (exact) mass is 718 g/mol. The topological polar surface area (TPSA) is 116 Å². The van der Waals surface area contributed by atoms with Gasteiger partial charge in [0.05, 0.1) is 33.1 Å². The number of amides is 3. The molecule has 0 saturated carbocycles. The number of likely N-dealkylation sites (tertiary alicyclic amines) is 2. The summed E-state index contributed by atoms with van der Waals surface area (Å²) in [4.78, 5) is 43.7. The molecule has 2 aromatic carbocycles. The molecular weight excluding hydrogens is 675 g/mol. The smallest absolute Gasteiger partial charge is 0.410 e. The number of anilines is 1. The van der Waals surface area contributed by atoms with Gasteiger partial charge in [-0.3, -0.25) is 13.9 Å². The van der Waals surface area contributed by atoms with Crippen LogP contribution in [-0.4, -0.2) is 80.5 Å². The van der Waals surface area contributed by atoms with E-state index in [0.29, 0.717) is 55.9 Å². The second-order valence-electron chi connectivity index (χ2n) is 13.3. The van der Waals surface area contributed by atoms with E-state index in [4.69, 9.17) is 27.9 Å². The van der Waals surface area contributed by atoms with Crippen molar-refractivity contribution in [2.45, 2.75) is 69.4 Å². The summed E-state index contributed by atoms with van der Waals surface area (Å²) >= 11 is 12.5. The first-order valence-electron chi connectivity index (χ1n) is 16.0. The predicted molar refractivity (Wildman–Crippen MR) is 189 cm³/mol. The van der Waals surface area contributed by atoms with Crippen LogP contribution in [0.15, 0.2) is 72.7 Å². The summed E-state index contributed by atoms with van der Waals surface area (Å²) in [6, 6.07) is 10.1. The van der Waals surface area contributed by atoms with Gasteiger partial charge in [-0.05, 0) is 95.3 Å². The highest BCUT2D eigenvalue weighted by Gasteiger charge is 2.44. The quantitative estimate of drug-likeness (QED) is 0.274. The number of ether oxygens (including phenoxy) is 1. The summed E-state index contributed by atoms with van der Waals surface area (Å²) in [6.07, 6.45) is 5.57. The van der Waals surface area contributed by atoms with Gasteiger partial charge in [-0.1, -0.05) is 35.4 Å². The summed E-state index contributed by atoms with van der Waals surface area (Å²) in [7, 11) is -4.12. The van der Waals surface area contributed by atoms with Crippen molar-refractivity contribution in [1.29, 1.82) is 0 Å². The Hall–Kier alpha value is -3.54. The molecule has 0 radical (unpaired) electrons. The second-order valence-corrected chi connectivity index (χ2v) is 16.0. The molecule has 1 unspecified atom stereocenters. The van der Waals surface area contributed by atoms with E-state index in [0.717, 1.165) is 0 Å². The maximum Gasteiger partial charge on any atom is 0.410 e. The van der Waals surface area contributed by atoms with Gasteiger partial charge in [0.25, 0.3) is 15.9 Å². The first-order valence-corrected chi connectivity index (χ1v) is 18.2. The molecular formula is C35H44Cl2N4O6S. The molecule has 2 aromatic rings. The molecule has 260 valence electrons. The summed E-state index contributed by atoms with van der Waals surface area (Å²) in [6.45, 7) is 14.3. The highest BCUT2D eigenvalue weighted by molar-refractivity contribution is 7.92. The van der Waals surface area contributed by atoms with Crippen molar-refractivity contribution in [3.8, 4) is 0 Å². The van der Waals surface area contributed by atoms with Gasteiger partial charge in [0, 0.05) is 37.2 Å². The van der Waals surface area contributed by atoms with Crippen molar-refractivity contribution in [1.82, 2.24) is 15.1 Å². The van der Waals surface area contributed by atoms with Crippen molar-refractivity contribution in [3.05, 3.63) is 83.4 Å². The van der Waals surface area contributed by atoms with Gasteiger partial charge in [0.1, 0.15) is 5.60 Å². The largest absolute Gasteiger partial charge is 0.444 e. The van der Waals surface area contributed by atoms with E-state index in [1.807, 2.05) is 0 Å². The molecule has 13 heteroatoms. The van der Waals surface area contributed by atoms with E-state index in [1.165, 1.54) is 28.6 Å². The molecule has 48 heavy (non-hydrogen) atoms. The molecule has 2 heterocycles. The number of sulfonamides is 1. The SMILES string of the molecule is C=CCN(c1ccc(Cl)cc1)S(=O)(=O)c1ccc(Cl)c(C(=O)N2CCC[C@H](NC(=O)C3(CC=C)CCCN(C(=O)OC(C)(C)C)C3)C2)c1. The number of allylic oxidation sites excluding steroid dienone is 1. The Morgan fingerprint density at radius 3 is 2.38 bits per heavy atom. The summed E-state index contributed by atoms with van der Waals surface area (Å²) in [5.41, 5.74) is -1.11. The Balaban J connectivity index is 1.51. The van der Waals surface area contributed by atoms with Gasteiger partial charge in [0.15, 0.2) is 0 Å². The number of hydrogen-bond acceptors (Lipinski definition) is 6. The van der Waals surface area contributed by atoms with Crippen molar-refractivity contribution >= 4 is 56.8 Å². The van der Waals surface area contributed by atoms with Gasteiger partial charge in [0.2, 0.25) is 5.91 Å². The van der Waals surface area contributed by atoms with Crippen molar-refractivity contribution < 1.29 is 27.5 Å². The third-order valence-electron chi connectivity index (χ3n) is 8.45. The highest BCUT2D eigenvalue weighted by Crippen LogP contribution is 2.36. The molecule has 2 atom stereocenters. The third kappa shape index (κ3) is 8.73. The second kappa shape index (κ2) is 15.3. The molecule has 0 aliphatic carbocycles. The molecule has 0 spiro atoms. The lowest BCUT2D eigenvalue weighted by Gasteiger charge is -2.43. The van der Waals surface area contributed by atoms with Crippen molar-refractivity contribution in [2.75, 3.05) is 37.0 Å². The molecule has 10 nitrogen and oxygen atoms in total. The van der Waals surface area contributed by atoms with E-state index in [-0.39, 0.29) is 47.1 Å². The molecule has 0 bridgehead atoms. The first-order chi connectivity index (χ1) is 22.6. The van der Waals surface area contributed by atoms with Gasteiger partial charge in [-0.15, -0.1) is 13.2 Å². The molecule has 1 N–H and O–H groups in total. The molecule has 2 fully saturated rings. The molecule has 2 aliphatic rings. The minimum absolute atomic E-state index is 0.00768. The lowest BCUT2D eigenvalue weighted by Crippen LogP contribution is -2.57. The van der Waals surface area contributed by atoms with Crippen molar-refractivity contribution in [3.63, 3.8) is 0 Å². The number of nitrogens with zero attached hydrogens (tertiary/aromatic N) is 3. The average molecular weight is 720 g/mol. The number of rotatable bonds is 10. The van der Waals surface area contributed by atoms with Crippen LogP contribution >= 0.6 is 23.2 Å². The fraction of sp³-hybridized carbons (Fsp3) is 0.457. The Kier molecular flexibility index (Phi) is 11.9. The number of carbonyl (C=O) groups excluding carboxylic acids is 3. The zero-order chi connectivity index (χ0) is 35.3. The molecule has 4 rings (SSSR count). The number of nitrogens with one attached hydrogen (secondary N) is 1. The highest BCUT2D eigenvalue weighted by atomic mass is 35.5. The van der Waals surface area contributed by atoms with Crippen LogP contribution in [0.25, 0.3) is 0 Å². The van der Waals surface area contributed by atoms with Crippen LogP contribution in [0.1, 0.15) is 63.2 Å². The van der Waals surface area contributed by atoms with E-state index in [1.54, 1.807) is 60.9 Å². The Bertz CT molecular complexity index is 1640. The maximum atomic E-state index is 13.9. The Labute approximate surface area is 293 Å². The van der Waals surface area contributed by atoms with Crippen LogP contribution in [-0.2, 0) is 19.6 Å². The summed E-state index contributed by atoms with van der Waals surface area (Å²) < 4.78 is 34.4. The first kappa shape index (κ1) is 37.3. The number of benzene rings is 2. The number of piperidine rings is 2. The Morgan fingerprint density at radius 2 is 1.73 bits per heavy atom. The van der Waals surface area contributed by atoms with Gasteiger partial charge in [-0.25, -0.2) is 13.2 Å². The van der Waals surface area contributed by atoms with E-state index in [2.05, 4.69) is 18.5 Å². The van der Waals surface area contributed by atoms with Crippen LogP contribution in [0.3, 0.4) is 0 Å². The number of hydrogen-bond donors (Lipinski definition) is 1. The van der Waals surface area contributed by atoms with Gasteiger partial charge >= 0.3 is 6.09 Å². The van der Waals surface area contributed by atoms with Gasteiger partial charge in [-0.2, -0.15) is 0 Å². The molecule has 0 aromatic heterocycles. The fourth-order valence-corrected chi connectivity index (χ4v) is 7.93. The summed E-state index contributed by atoms with van der Waals surface area (Å²) in [5, 5.41) is 3.72. The van der Waals surface area contributed by atoms with Crippen LogP contribution in [0, 0.1) is 5.41 Å². The van der Waals surface area contributed by atoms with Crippen molar-refractivity contribution in [2.24, 2.45) is 5.41 Å². The van der Waals surface area contributed by atoms with E-state index in [9.17, 15) is 22.8 Å².